The van der Waals surface area contributed by atoms with Gasteiger partial charge in [-0.25, -0.2) is 14.6 Å². The van der Waals surface area contributed by atoms with Gasteiger partial charge in [-0.15, -0.1) is 0 Å². The number of hydrogen-bond donors (Lipinski definition) is 2. The standard InChI is InChI=1S/C28H32Cl2N4O6/c1-4-40-27(37)24-20(15-39-14-17-13-21(35)33-28(32-17)34-11-6-5-7-12-34)31-16(2)22(26(36)38-3)23(24)18-9-8-10-19(29)25(18)30/h8-10,13,23,31H,4-7,11-12,14-15H2,1-3H3,(H,32,33,35). The normalized spacial score (nSPS) is 17.5. The number of methoxy groups -OCH3 is 1. The minimum absolute atomic E-state index is 0.0151. The Morgan fingerprint density at radius 3 is 2.55 bits per heavy atom. The Hall–Kier alpha value is -3.34. The summed E-state index contributed by atoms with van der Waals surface area (Å²) in [5, 5.41) is 3.59. The molecular weight excluding hydrogens is 559 g/mol. The van der Waals surface area contributed by atoms with Crippen molar-refractivity contribution in [3.63, 3.8) is 0 Å². The first-order valence-corrected chi connectivity index (χ1v) is 13.8. The predicted octanol–water partition coefficient (Wildman–Crippen LogP) is 4.23. The summed E-state index contributed by atoms with van der Waals surface area (Å²) in [6.07, 6.45) is 3.24. The summed E-state index contributed by atoms with van der Waals surface area (Å²) in [6.45, 7) is 5.10. The van der Waals surface area contributed by atoms with Crippen molar-refractivity contribution in [2.75, 3.05) is 38.3 Å². The zero-order valence-electron chi connectivity index (χ0n) is 22.6. The number of carbonyl (C=O) groups is 2. The Morgan fingerprint density at radius 2 is 1.85 bits per heavy atom. The van der Waals surface area contributed by atoms with Gasteiger partial charge in [-0.1, -0.05) is 35.3 Å². The van der Waals surface area contributed by atoms with Crippen LogP contribution in [0.5, 0.6) is 0 Å². The van der Waals surface area contributed by atoms with Gasteiger partial charge < -0.3 is 24.4 Å². The average molecular weight is 591 g/mol. The van der Waals surface area contributed by atoms with Crippen LogP contribution < -0.4 is 15.8 Å². The Bertz CT molecular complexity index is 1400. The van der Waals surface area contributed by atoms with Gasteiger partial charge in [0.2, 0.25) is 5.95 Å². The van der Waals surface area contributed by atoms with Gasteiger partial charge in [0.25, 0.3) is 5.56 Å². The highest BCUT2D eigenvalue weighted by Gasteiger charge is 2.40. The monoisotopic (exact) mass is 590 g/mol. The lowest BCUT2D eigenvalue weighted by Gasteiger charge is -2.32. The predicted molar refractivity (Wildman–Crippen MR) is 151 cm³/mol. The highest BCUT2D eigenvalue weighted by atomic mass is 35.5. The molecule has 3 heterocycles. The van der Waals surface area contributed by atoms with E-state index < -0.39 is 17.9 Å². The van der Waals surface area contributed by atoms with Gasteiger partial charge in [-0.3, -0.25) is 9.78 Å². The lowest BCUT2D eigenvalue weighted by Crippen LogP contribution is -2.35. The fraction of sp³-hybridized carbons (Fsp3) is 0.429. The molecule has 2 aliphatic heterocycles. The quantitative estimate of drug-likeness (QED) is 0.413. The molecule has 0 spiro atoms. The van der Waals surface area contributed by atoms with Gasteiger partial charge in [-0.2, -0.15) is 0 Å². The summed E-state index contributed by atoms with van der Waals surface area (Å²) >= 11 is 12.9. The summed E-state index contributed by atoms with van der Waals surface area (Å²) < 4.78 is 16.4. The first kappa shape index (κ1) is 29.6. The van der Waals surface area contributed by atoms with Gasteiger partial charge in [0.05, 0.1) is 65.4 Å². The van der Waals surface area contributed by atoms with Crippen molar-refractivity contribution >= 4 is 41.1 Å². The molecule has 4 rings (SSSR count). The van der Waals surface area contributed by atoms with E-state index >= 15 is 0 Å². The zero-order valence-corrected chi connectivity index (χ0v) is 24.2. The van der Waals surface area contributed by atoms with Crippen LogP contribution in [0.25, 0.3) is 0 Å². The van der Waals surface area contributed by atoms with Crippen molar-refractivity contribution in [2.45, 2.75) is 45.6 Å². The summed E-state index contributed by atoms with van der Waals surface area (Å²) in [6, 6.07) is 6.39. The fourth-order valence-electron chi connectivity index (χ4n) is 4.98. The molecule has 1 aromatic heterocycles. The number of piperidine rings is 1. The Labute approximate surface area is 242 Å². The van der Waals surface area contributed by atoms with E-state index in [2.05, 4.69) is 20.2 Å². The van der Waals surface area contributed by atoms with E-state index in [0.717, 1.165) is 32.4 Å². The fourth-order valence-corrected chi connectivity index (χ4v) is 5.39. The number of halogens is 2. The average Bonchev–Trinajstić information content (AvgIpc) is 2.94. The third-order valence-electron chi connectivity index (χ3n) is 6.77. The second-order valence-electron chi connectivity index (χ2n) is 9.44. The van der Waals surface area contributed by atoms with Gasteiger partial charge in [0, 0.05) is 24.9 Å². The van der Waals surface area contributed by atoms with E-state index in [4.69, 9.17) is 37.4 Å². The third-order valence-corrected chi connectivity index (χ3v) is 7.61. The smallest absolute Gasteiger partial charge is 0.336 e. The number of nitrogens with one attached hydrogen (secondary N) is 2. The molecule has 0 amide bonds. The molecule has 2 aromatic rings. The minimum atomic E-state index is -0.930. The van der Waals surface area contributed by atoms with Crippen LogP contribution >= 0.6 is 23.2 Å². The second kappa shape index (κ2) is 13.3. The van der Waals surface area contributed by atoms with E-state index in [1.807, 2.05) is 0 Å². The number of anilines is 1. The molecule has 1 atom stereocenters. The van der Waals surface area contributed by atoms with Crippen LogP contribution in [0.1, 0.15) is 50.3 Å². The molecular formula is C28H32Cl2N4O6. The molecule has 12 heteroatoms. The van der Waals surface area contributed by atoms with E-state index in [1.165, 1.54) is 13.2 Å². The highest BCUT2D eigenvalue weighted by Crippen LogP contribution is 2.43. The molecule has 1 unspecified atom stereocenters. The van der Waals surface area contributed by atoms with E-state index in [1.54, 1.807) is 32.0 Å². The lowest BCUT2D eigenvalue weighted by atomic mass is 9.80. The Morgan fingerprint density at radius 1 is 1.10 bits per heavy atom. The number of nitrogens with zero attached hydrogens (tertiary/aromatic N) is 2. The molecule has 2 N–H and O–H groups in total. The first-order valence-electron chi connectivity index (χ1n) is 13.1. The van der Waals surface area contributed by atoms with Crippen molar-refractivity contribution in [1.29, 1.82) is 0 Å². The van der Waals surface area contributed by atoms with Crippen LogP contribution in [0.4, 0.5) is 5.95 Å². The van der Waals surface area contributed by atoms with Crippen LogP contribution in [0, 0.1) is 0 Å². The molecule has 0 aliphatic carbocycles. The topological polar surface area (TPSA) is 123 Å². The first-order chi connectivity index (χ1) is 19.2. The van der Waals surface area contributed by atoms with Crippen LogP contribution in [-0.4, -0.2) is 55.3 Å². The van der Waals surface area contributed by atoms with Gasteiger partial charge >= 0.3 is 11.9 Å². The molecule has 0 saturated carbocycles. The van der Waals surface area contributed by atoms with Crippen molar-refractivity contribution in [1.82, 2.24) is 15.3 Å². The molecule has 1 aromatic carbocycles. The zero-order chi connectivity index (χ0) is 28.8. The number of allylic oxidation sites excluding steroid dienone is 1. The van der Waals surface area contributed by atoms with Crippen LogP contribution in [0.2, 0.25) is 10.0 Å². The molecule has 1 saturated heterocycles. The SMILES string of the molecule is CCOC(=O)C1=C(COCc2cc(=O)[nH]c(N3CCCCC3)n2)NC(C)=C(C(=O)OC)C1c1cccc(Cl)c1Cl. The number of carbonyl (C=O) groups excluding carboxylic acids is 2. The molecule has 40 heavy (non-hydrogen) atoms. The highest BCUT2D eigenvalue weighted by molar-refractivity contribution is 6.42. The van der Waals surface area contributed by atoms with Crippen LogP contribution in [-0.2, 0) is 30.4 Å². The lowest BCUT2D eigenvalue weighted by molar-refractivity contribution is -0.139. The number of rotatable bonds is 9. The maximum atomic E-state index is 13.4. The van der Waals surface area contributed by atoms with Crippen LogP contribution in [0.15, 0.2) is 51.6 Å². The number of dihydropyridines is 1. The number of benzene rings is 1. The number of aromatic nitrogens is 2. The van der Waals surface area contributed by atoms with Gasteiger partial charge in [0.15, 0.2) is 0 Å². The van der Waals surface area contributed by atoms with Crippen molar-refractivity contribution in [2.24, 2.45) is 0 Å². The number of H-pyrrole nitrogens is 1. The maximum absolute atomic E-state index is 13.4. The maximum Gasteiger partial charge on any atom is 0.336 e. The van der Waals surface area contributed by atoms with E-state index in [9.17, 15) is 14.4 Å². The molecule has 1 fully saturated rings. The number of esters is 2. The molecule has 214 valence electrons. The van der Waals surface area contributed by atoms with Crippen LogP contribution in [0.3, 0.4) is 0 Å². The van der Waals surface area contributed by atoms with Crippen molar-refractivity contribution in [3.8, 4) is 0 Å². The number of ether oxygens (including phenoxy) is 3. The largest absolute Gasteiger partial charge is 0.466 e. The van der Waals surface area contributed by atoms with Gasteiger partial charge in [-0.05, 0) is 44.7 Å². The third kappa shape index (κ3) is 6.51. The Balaban J connectivity index is 1.68. The Kier molecular flexibility index (Phi) is 9.89. The van der Waals surface area contributed by atoms with E-state index in [-0.39, 0.29) is 46.6 Å². The molecule has 10 nitrogen and oxygen atoms in total. The number of aromatic amines is 1. The summed E-state index contributed by atoms with van der Waals surface area (Å²) in [4.78, 5) is 48.1. The minimum Gasteiger partial charge on any atom is -0.466 e. The van der Waals surface area contributed by atoms with Crippen molar-refractivity contribution < 1.29 is 23.8 Å². The summed E-state index contributed by atoms with van der Waals surface area (Å²) in [5.41, 5.74) is 1.81. The molecule has 2 aliphatic rings. The van der Waals surface area contributed by atoms with Gasteiger partial charge in [0.1, 0.15) is 0 Å². The van der Waals surface area contributed by atoms with Crippen molar-refractivity contribution in [3.05, 3.63) is 78.5 Å². The number of hydrogen-bond acceptors (Lipinski definition) is 9. The second-order valence-corrected chi connectivity index (χ2v) is 10.2. The summed E-state index contributed by atoms with van der Waals surface area (Å²) in [7, 11) is 1.26. The summed E-state index contributed by atoms with van der Waals surface area (Å²) in [5.74, 6) is -1.69. The molecule has 0 radical (unpaired) electrons. The van der Waals surface area contributed by atoms with E-state index in [0.29, 0.717) is 28.6 Å². The molecule has 0 bridgehead atoms.